The van der Waals surface area contributed by atoms with Gasteiger partial charge in [-0.05, 0) is 30.5 Å². The molecule has 0 unspecified atom stereocenters. The topological polar surface area (TPSA) is 110 Å². The molecule has 1 aliphatic rings. The van der Waals surface area contributed by atoms with Gasteiger partial charge in [-0.3, -0.25) is 14.7 Å². The molecule has 1 aliphatic carbocycles. The van der Waals surface area contributed by atoms with E-state index < -0.39 is 9.84 Å². The van der Waals surface area contributed by atoms with Gasteiger partial charge in [0, 0.05) is 19.1 Å². The number of hydrogen-bond acceptors (Lipinski definition) is 7. The number of carbonyl (C=O) groups is 1. The van der Waals surface area contributed by atoms with E-state index in [4.69, 9.17) is 11.6 Å². The average Bonchev–Trinajstić information content (AvgIpc) is 3.25. The van der Waals surface area contributed by atoms with Crippen molar-refractivity contribution in [1.82, 2.24) is 9.97 Å². The maximum absolute atomic E-state index is 13.2. The lowest BCUT2D eigenvalue weighted by atomic mass is 10.0. The van der Waals surface area contributed by atoms with Gasteiger partial charge in [-0.25, -0.2) is 13.4 Å². The molecular formula is C21H25ClN4O4S. The molecule has 2 aromatic rings. The van der Waals surface area contributed by atoms with Crippen LogP contribution in [-0.4, -0.2) is 37.1 Å². The first-order chi connectivity index (χ1) is 14.8. The van der Waals surface area contributed by atoms with Crippen molar-refractivity contribution in [2.75, 3.05) is 17.7 Å². The number of anilines is 2. The van der Waals surface area contributed by atoms with Crippen LogP contribution >= 0.6 is 11.6 Å². The van der Waals surface area contributed by atoms with Crippen LogP contribution in [0.2, 0.25) is 5.02 Å². The minimum Gasteiger partial charge on any atom is -0.274 e. The molecule has 0 saturated heterocycles. The maximum atomic E-state index is 13.2. The third-order valence-electron chi connectivity index (χ3n) is 5.44. The van der Waals surface area contributed by atoms with E-state index in [1.807, 2.05) is 0 Å². The SMILES string of the molecule is CS(=O)(=O)c1ccc(N(C(=O)CCC2CCCC2)c2cnc(CCN=O)cn2)cc1Cl. The smallest absolute Gasteiger partial charge is 0.232 e. The molecule has 166 valence electrons. The van der Waals surface area contributed by atoms with Gasteiger partial charge in [-0.1, -0.05) is 42.5 Å². The van der Waals surface area contributed by atoms with Crippen LogP contribution in [0.4, 0.5) is 11.5 Å². The van der Waals surface area contributed by atoms with Crippen molar-refractivity contribution in [3.05, 3.63) is 46.2 Å². The second-order valence-corrected chi connectivity index (χ2v) is 10.2. The number of amides is 1. The third kappa shape index (κ3) is 6.07. The fourth-order valence-electron chi connectivity index (χ4n) is 3.82. The number of sulfone groups is 1. The zero-order valence-corrected chi connectivity index (χ0v) is 18.9. The van der Waals surface area contributed by atoms with Crippen LogP contribution in [0.3, 0.4) is 0 Å². The molecule has 1 amide bonds. The fourth-order valence-corrected chi connectivity index (χ4v) is 5.15. The minimum absolute atomic E-state index is 0.000865. The summed E-state index contributed by atoms with van der Waals surface area (Å²) in [7, 11) is -3.49. The van der Waals surface area contributed by atoms with Gasteiger partial charge in [0.25, 0.3) is 0 Å². The van der Waals surface area contributed by atoms with Gasteiger partial charge in [0.2, 0.25) is 5.91 Å². The normalized spacial score (nSPS) is 14.5. The Balaban J connectivity index is 1.90. The van der Waals surface area contributed by atoms with Crippen molar-refractivity contribution in [3.8, 4) is 0 Å². The monoisotopic (exact) mass is 464 g/mol. The lowest BCUT2D eigenvalue weighted by molar-refractivity contribution is -0.118. The first-order valence-electron chi connectivity index (χ1n) is 10.2. The Morgan fingerprint density at radius 3 is 2.55 bits per heavy atom. The standard InChI is InChI=1S/C21H25ClN4O4S/c1-31(29,30)19-8-7-17(12-18(19)22)26(21(27)9-6-15-4-2-3-5-15)20-14-23-16(13-24-20)10-11-25-28/h7-8,12-15H,2-6,9-11H2,1H3. The van der Waals surface area contributed by atoms with Crippen molar-refractivity contribution < 1.29 is 13.2 Å². The highest BCUT2D eigenvalue weighted by Gasteiger charge is 2.24. The van der Waals surface area contributed by atoms with E-state index in [9.17, 15) is 18.1 Å². The maximum Gasteiger partial charge on any atom is 0.232 e. The third-order valence-corrected chi connectivity index (χ3v) is 7.02. The second kappa shape index (κ2) is 10.3. The van der Waals surface area contributed by atoms with Gasteiger partial charge in [0.05, 0.1) is 40.2 Å². The number of halogens is 1. The summed E-state index contributed by atoms with van der Waals surface area (Å²) in [4.78, 5) is 33.6. The molecule has 3 rings (SSSR count). The van der Waals surface area contributed by atoms with E-state index in [-0.39, 0.29) is 22.4 Å². The molecule has 0 N–H and O–H groups in total. The van der Waals surface area contributed by atoms with Crippen LogP contribution in [0.15, 0.2) is 40.7 Å². The van der Waals surface area contributed by atoms with E-state index in [0.717, 1.165) is 25.5 Å². The first-order valence-corrected chi connectivity index (χ1v) is 12.5. The van der Waals surface area contributed by atoms with E-state index >= 15 is 0 Å². The highest BCUT2D eigenvalue weighted by Crippen LogP contribution is 2.33. The summed E-state index contributed by atoms with van der Waals surface area (Å²) in [5.74, 6) is 0.695. The Morgan fingerprint density at radius 1 is 1.23 bits per heavy atom. The van der Waals surface area contributed by atoms with Gasteiger partial charge in [0.1, 0.15) is 0 Å². The average molecular weight is 465 g/mol. The summed E-state index contributed by atoms with van der Waals surface area (Å²) < 4.78 is 23.8. The van der Waals surface area contributed by atoms with Gasteiger partial charge in [-0.2, -0.15) is 4.91 Å². The lowest BCUT2D eigenvalue weighted by Gasteiger charge is -2.23. The molecular weight excluding hydrogens is 440 g/mol. The van der Waals surface area contributed by atoms with E-state index in [0.29, 0.717) is 36.0 Å². The van der Waals surface area contributed by atoms with E-state index in [1.165, 1.54) is 42.3 Å². The summed E-state index contributed by atoms with van der Waals surface area (Å²) in [6, 6.07) is 4.39. The molecule has 8 nitrogen and oxygen atoms in total. The molecule has 0 spiro atoms. The van der Waals surface area contributed by atoms with Crippen LogP contribution < -0.4 is 4.90 Å². The van der Waals surface area contributed by atoms with Crippen LogP contribution in [0.1, 0.15) is 44.2 Å². The summed E-state index contributed by atoms with van der Waals surface area (Å²) in [6.45, 7) is 0.0978. The van der Waals surface area contributed by atoms with Crippen molar-refractivity contribution in [2.45, 2.75) is 49.8 Å². The number of rotatable bonds is 9. The lowest BCUT2D eigenvalue weighted by Crippen LogP contribution is -2.27. The Bertz CT molecular complexity index is 1040. The Kier molecular flexibility index (Phi) is 7.72. The molecule has 1 fully saturated rings. The molecule has 31 heavy (non-hydrogen) atoms. The van der Waals surface area contributed by atoms with Crippen molar-refractivity contribution in [1.29, 1.82) is 0 Å². The Labute approximate surface area is 186 Å². The van der Waals surface area contributed by atoms with Crippen LogP contribution in [0.5, 0.6) is 0 Å². The Morgan fingerprint density at radius 2 is 1.97 bits per heavy atom. The van der Waals surface area contributed by atoms with Crippen molar-refractivity contribution in [2.24, 2.45) is 11.1 Å². The van der Waals surface area contributed by atoms with Crippen LogP contribution in [0.25, 0.3) is 0 Å². The van der Waals surface area contributed by atoms with Crippen molar-refractivity contribution in [3.63, 3.8) is 0 Å². The zero-order chi connectivity index (χ0) is 22.4. The number of benzene rings is 1. The van der Waals surface area contributed by atoms with Gasteiger partial charge in [-0.15, -0.1) is 0 Å². The molecule has 1 heterocycles. The number of nitrogens with zero attached hydrogens (tertiary/aromatic N) is 4. The first kappa shape index (κ1) is 23.3. The predicted octanol–water partition coefficient (Wildman–Crippen LogP) is 4.48. The van der Waals surface area contributed by atoms with Crippen LogP contribution in [-0.2, 0) is 21.1 Å². The highest BCUT2D eigenvalue weighted by molar-refractivity contribution is 7.90. The molecule has 0 bridgehead atoms. The Hall–Kier alpha value is -2.39. The zero-order valence-electron chi connectivity index (χ0n) is 17.3. The summed E-state index contributed by atoms with van der Waals surface area (Å²) >= 11 is 6.22. The minimum atomic E-state index is -3.49. The molecule has 0 atom stereocenters. The number of carbonyl (C=O) groups excluding carboxylic acids is 1. The number of hydrogen-bond donors (Lipinski definition) is 0. The summed E-state index contributed by atoms with van der Waals surface area (Å²) in [6.07, 6.45) is 10.2. The molecule has 1 aromatic carbocycles. The summed E-state index contributed by atoms with van der Waals surface area (Å²) in [5.41, 5.74) is 1.01. The van der Waals surface area contributed by atoms with Crippen molar-refractivity contribution >= 4 is 38.9 Å². The highest BCUT2D eigenvalue weighted by atomic mass is 35.5. The van der Waals surface area contributed by atoms with Gasteiger partial charge >= 0.3 is 0 Å². The molecule has 1 saturated carbocycles. The van der Waals surface area contributed by atoms with E-state index in [1.54, 1.807) is 6.07 Å². The number of nitroso groups, excluding NO2 is 1. The second-order valence-electron chi connectivity index (χ2n) is 7.77. The number of aromatic nitrogens is 2. The fraction of sp³-hybridized carbons (Fsp3) is 0.476. The predicted molar refractivity (Wildman–Crippen MR) is 119 cm³/mol. The largest absolute Gasteiger partial charge is 0.274 e. The van der Waals surface area contributed by atoms with Crippen LogP contribution in [0, 0.1) is 10.8 Å². The molecule has 1 aromatic heterocycles. The quantitative estimate of drug-likeness (QED) is 0.506. The van der Waals surface area contributed by atoms with Gasteiger partial charge in [0.15, 0.2) is 15.7 Å². The molecule has 0 aliphatic heterocycles. The van der Waals surface area contributed by atoms with Gasteiger partial charge < -0.3 is 0 Å². The van der Waals surface area contributed by atoms with E-state index in [2.05, 4.69) is 15.1 Å². The molecule has 0 radical (unpaired) electrons. The molecule has 10 heteroatoms. The summed E-state index contributed by atoms with van der Waals surface area (Å²) in [5, 5.41) is 2.86.